The smallest absolute Gasteiger partial charge is 0.313 e. The Labute approximate surface area is 113 Å². The van der Waals surface area contributed by atoms with Crippen LogP contribution in [0, 0.1) is 0 Å². The topological polar surface area (TPSA) is 75.5 Å². The molecular weight excluding hydrogens is 274 g/mol. The monoisotopic (exact) mass is 289 g/mol. The third-order valence-corrected chi connectivity index (χ3v) is 4.56. The van der Waals surface area contributed by atoms with Crippen molar-refractivity contribution in [3.63, 3.8) is 0 Å². The summed E-state index contributed by atoms with van der Waals surface area (Å²) in [5, 5.41) is 17.6. The first-order valence-electron chi connectivity index (χ1n) is 5.64. The molecule has 0 aliphatic heterocycles. The molecule has 0 radical (unpaired) electrons. The Hall–Kier alpha value is -0.860. The maximum Gasteiger partial charge on any atom is 0.313 e. The van der Waals surface area contributed by atoms with E-state index in [2.05, 4.69) is 15.1 Å². The minimum absolute atomic E-state index is 0.0239. The van der Waals surface area contributed by atoms with Crippen molar-refractivity contribution in [1.29, 1.82) is 0 Å². The van der Waals surface area contributed by atoms with Gasteiger partial charge in [-0.15, -0.1) is 10.2 Å². The molecular formula is C10H15N3O3S2. The molecule has 1 heterocycles. The van der Waals surface area contributed by atoms with Crippen LogP contribution < -0.4 is 4.90 Å². The van der Waals surface area contributed by atoms with Gasteiger partial charge in [-0.05, 0) is 12.8 Å². The second kappa shape index (κ2) is 6.35. The first kappa shape index (κ1) is 13.6. The Morgan fingerprint density at radius 3 is 3.00 bits per heavy atom. The van der Waals surface area contributed by atoms with Crippen LogP contribution in [0.25, 0.3) is 0 Å². The van der Waals surface area contributed by atoms with E-state index >= 15 is 0 Å². The summed E-state index contributed by atoms with van der Waals surface area (Å²) in [7, 11) is 1.68. The standard InChI is InChI=1S/C10H15N3O3S2/c1-16-5-4-13(7-2-3-7)9-11-12-10(18-9)17-6-8(14)15/h7H,2-6H2,1H3,(H,14,15). The minimum Gasteiger partial charge on any atom is -0.481 e. The number of hydrogen-bond donors (Lipinski definition) is 1. The number of nitrogens with zero attached hydrogens (tertiary/aromatic N) is 3. The van der Waals surface area contributed by atoms with E-state index < -0.39 is 5.97 Å². The van der Waals surface area contributed by atoms with E-state index in [9.17, 15) is 4.79 Å². The fraction of sp³-hybridized carbons (Fsp3) is 0.700. The molecule has 6 nitrogen and oxygen atoms in total. The van der Waals surface area contributed by atoms with Gasteiger partial charge in [0.05, 0.1) is 12.4 Å². The molecule has 0 spiro atoms. The van der Waals surface area contributed by atoms with Gasteiger partial charge in [0.15, 0.2) is 4.34 Å². The van der Waals surface area contributed by atoms with Crippen LogP contribution in [-0.4, -0.2) is 53.3 Å². The second-order valence-corrected chi connectivity index (χ2v) is 6.13. The quantitative estimate of drug-likeness (QED) is 0.723. The molecule has 1 aliphatic carbocycles. The summed E-state index contributed by atoms with van der Waals surface area (Å²) in [5.74, 6) is -0.814. The molecule has 1 fully saturated rings. The van der Waals surface area contributed by atoms with Gasteiger partial charge in [0.2, 0.25) is 5.13 Å². The SMILES string of the molecule is COCCN(c1nnc(SCC(=O)O)s1)C1CC1. The predicted octanol–water partition coefficient (Wildman–Crippen LogP) is 1.33. The molecule has 1 aromatic heterocycles. The normalized spacial score (nSPS) is 14.7. The van der Waals surface area contributed by atoms with E-state index in [4.69, 9.17) is 9.84 Å². The second-order valence-electron chi connectivity index (χ2n) is 3.95. The molecule has 2 rings (SSSR count). The number of anilines is 1. The van der Waals surface area contributed by atoms with E-state index in [0.717, 1.165) is 11.7 Å². The molecule has 0 unspecified atom stereocenters. The molecule has 100 valence electrons. The lowest BCUT2D eigenvalue weighted by Crippen LogP contribution is -2.29. The average molecular weight is 289 g/mol. The van der Waals surface area contributed by atoms with Crippen LogP contribution in [0.2, 0.25) is 0 Å². The van der Waals surface area contributed by atoms with Crippen molar-refractivity contribution in [3.05, 3.63) is 0 Å². The highest BCUT2D eigenvalue weighted by Gasteiger charge is 2.31. The zero-order valence-electron chi connectivity index (χ0n) is 10.0. The number of carbonyl (C=O) groups is 1. The third kappa shape index (κ3) is 3.82. The van der Waals surface area contributed by atoms with Gasteiger partial charge in [-0.2, -0.15) is 0 Å². The summed E-state index contributed by atoms with van der Waals surface area (Å²) in [4.78, 5) is 12.7. The van der Waals surface area contributed by atoms with Crippen LogP contribution in [0.4, 0.5) is 5.13 Å². The highest BCUT2D eigenvalue weighted by Crippen LogP contribution is 2.35. The number of thioether (sulfide) groups is 1. The average Bonchev–Trinajstić information content (AvgIpc) is 3.06. The van der Waals surface area contributed by atoms with Gasteiger partial charge in [-0.3, -0.25) is 4.79 Å². The van der Waals surface area contributed by atoms with Gasteiger partial charge in [-0.25, -0.2) is 0 Å². The number of carboxylic acid groups (broad SMARTS) is 1. The maximum absolute atomic E-state index is 10.5. The van der Waals surface area contributed by atoms with Crippen LogP contribution in [0.1, 0.15) is 12.8 Å². The Morgan fingerprint density at radius 1 is 1.61 bits per heavy atom. The lowest BCUT2D eigenvalue weighted by Gasteiger charge is -2.19. The van der Waals surface area contributed by atoms with E-state index in [1.54, 1.807) is 7.11 Å². The molecule has 1 N–H and O–H groups in total. The molecule has 0 bridgehead atoms. The van der Waals surface area contributed by atoms with Crippen LogP contribution in [0.15, 0.2) is 4.34 Å². The van der Waals surface area contributed by atoms with Crippen molar-refractivity contribution in [1.82, 2.24) is 10.2 Å². The molecule has 0 aromatic carbocycles. The summed E-state index contributed by atoms with van der Waals surface area (Å²) < 4.78 is 5.79. The number of ether oxygens (including phenoxy) is 1. The number of hydrogen-bond acceptors (Lipinski definition) is 7. The lowest BCUT2D eigenvalue weighted by molar-refractivity contribution is -0.133. The predicted molar refractivity (Wildman–Crippen MR) is 70.5 cm³/mol. The Kier molecular flexibility index (Phi) is 4.79. The number of rotatable bonds is 8. The molecule has 1 saturated carbocycles. The highest BCUT2D eigenvalue weighted by molar-refractivity contribution is 8.01. The number of carboxylic acids is 1. The van der Waals surface area contributed by atoms with Crippen molar-refractivity contribution < 1.29 is 14.6 Å². The molecule has 18 heavy (non-hydrogen) atoms. The van der Waals surface area contributed by atoms with Gasteiger partial charge in [-0.1, -0.05) is 23.1 Å². The van der Waals surface area contributed by atoms with Gasteiger partial charge in [0.25, 0.3) is 0 Å². The van der Waals surface area contributed by atoms with Crippen molar-refractivity contribution in [2.24, 2.45) is 0 Å². The molecule has 0 saturated heterocycles. The van der Waals surface area contributed by atoms with E-state index in [1.807, 2.05) is 0 Å². The summed E-state index contributed by atoms with van der Waals surface area (Å²) in [6, 6.07) is 0.547. The van der Waals surface area contributed by atoms with Crippen molar-refractivity contribution >= 4 is 34.2 Å². The largest absolute Gasteiger partial charge is 0.481 e. The molecule has 1 aliphatic rings. The van der Waals surface area contributed by atoms with Crippen LogP contribution >= 0.6 is 23.1 Å². The van der Waals surface area contributed by atoms with Gasteiger partial charge >= 0.3 is 5.97 Å². The third-order valence-electron chi connectivity index (χ3n) is 2.48. The van der Waals surface area contributed by atoms with E-state index in [0.29, 0.717) is 17.0 Å². The summed E-state index contributed by atoms with van der Waals surface area (Å²) >= 11 is 2.66. The van der Waals surface area contributed by atoms with Crippen molar-refractivity contribution in [2.75, 3.05) is 30.9 Å². The van der Waals surface area contributed by atoms with Crippen molar-refractivity contribution in [2.45, 2.75) is 23.2 Å². The lowest BCUT2D eigenvalue weighted by atomic mass is 10.5. The number of methoxy groups -OCH3 is 1. The Bertz CT molecular complexity index is 409. The minimum atomic E-state index is -0.838. The Morgan fingerprint density at radius 2 is 2.39 bits per heavy atom. The fourth-order valence-corrected chi connectivity index (χ4v) is 3.17. The molecule has 0 atom stereocenters. The molecule has 0 amide bonds. The molecule has 1 aromatic rings. The van der Waals surface area contributed by atoms with Gasteiger partial charge < -0.3 is 14.7 Å². The van der Waals surface area contributed by atoms with Crippen LogP contribution in [-0.2, 0) is 9.53 Å². The maximum atomic E-state index is 10.5. The first-order valence-corrected chi connectivity index (χ1v) is 7.44. The van der Waals surface area contributed by atoms with Gasteiger partial charge in [0.1, 0.15) is 0 Å². The van der Waals surface area contributed by atoms with Crippen LogP contribution in [0.5, 0.6) is 0 Å². The molecule has 8 heteroatoms. The van der Waals surface area contributed by atoms with Gasteiger partial charge in [0, 0.05) is 19.7 Å². The highest BCUT2D eigenvalue weighted by atomic mass is 32.2. The van der Waals surface area contributed by atoms with E-state index in [-0.39, 0.29) is 5.75 Å². The summed E-state index contributed by atoms with van der Waals surface area (Å²) in [6.45, 7) is 1.47. The van der Waals surface area contributed by atoms with Crippen LogP contribution in [0.3, 0.4) is 0 Å². The van der Waals surface area contributed by atoms with E-state index in [1.165, 1.54) is 35.9 Å². The fourth-order valence-electron chi connectivity index (χ4n) is 1.51. The first-order chi connectivity index (χ1) is 8.70. The van der Waals surface area contributed by atoms with Crippen molar-refractivity contribution in [3.8, 4) is 0 Å². The summed E-state index contributed by atoms with van der Waals surface area (Å²) in [5.41, 5.74) is 0. The Balaban J connectivity index is 1.95. The zero-order valence-corrected chi connectivity index (χ0v) is 11.7. The zero-order chi connectivity index (χ0) is 13.0. The number of aromatic nitrogens is 2. The number of aliphatic carboxylic acids is 1. The summed E-state index contributed by atoms with van der Waals surface area (Å²) in [6.07, 6.45) is 2.36.